The van der Waals surface area contributed by atoms with Crippen molar-refractivity contribution in [2.75, 3.05) is 19.7 Å². The highest BCUT2D eigenvalue weighted by Crippen LogP contribution is 2.39. The molecule has 0 unspecified atom stereocenters. The van der Waals surface area contributed by atoms with Crippen molar-refractivity contribution in [3.05, 3.63) is 46.0 Å². The van der Waals surface area contributed by atoms with Gasteiger partial charge in [0.05, 0.1) is 10.7 Å². The Bertz CT molecular complexity index is 871. The molecule has 0 radical (unpaired) electrons. The lowest BCUT2D eigenvalue weighted by Gasteiger charge is -2.15. The monoisotopic (exact) mass is 450 g/mol. The standard InChI is InChI=1S/C18H19Cl2F3N4O2/c1-2-27(24)18(28)25-4-3-15-14(21)5-10(8-26-15)12-6-11(19)7-13(20)17(12)29-9-16(22)23/h5-8,16H,2-4,9,24H2,1H3,(H,25,28). The smallest absolute Gasteiger partial charge is 0.331 e. The van der Waals surface area contributed by atoms with Crippen LogP contribution in [0.4, 0.5) is 18.0 Å². The normalized spacial score (nSPS) is 10.9. The first kappa shape index (κ1) is 23.1. The number of ether oxygens (including phenoxy) is 1. The number of hydrazine groups is 1. The van der Waals surface area contributed by atoms with Crippen molar-refractivity contribution >= 4 is 29.2 Å². The van der Waals surface area contributed by atoms with Gasteiger partial charge in [0.2, 0.25) is 0 Å². The highest BCUT2D eigenvalue weighted by atomic mass is 35.5. The average molecular weight is 451 g/mol. The van der Waals surface area contributed by atoms with Crippen LogP contribution in [0.2, 0.25) is 10.0 Å². The Morgan fingerprint density at radius 2 is 2.07 bits per heavy atom. The molecule has 158 valence electrons. The van der Waals surface area contributed by atoms with E-state index in [0.717, 1.165) is 5.01 Å². The molecule has 2 amide bonds. The fraction of sp³-hybridized carbons (Fsp3) is 0.333. The Hall–Kier alpha value is -2.23. The first-order valence-corrected chi connectivity index (χ1v) is 9.33. The number of aromatic nitrogens is 1. The summed E-state index contributed by atoms with van der Waals surface area (Å²) < 4.78 is 44.6. The number of amides is 2. The van der Waals surface area contributed by atoms with E-state index in [0.29, 0.717) is 6.54 Å². The predicted octanol–water partition coefficient (Wildman–Crippen LogP) is 4.29. The van der Waals surface area contributed by atoms with Gasteiger partial charge in [-0.15, -0.1) is 0 Å². The number of nitrogens with one attached hydrogen (secondary N) is 1. The van der Waals surface area contributed by atoms with Crippen molar-refractivity contribution in [3.8, 4) is 16.9 Å². The molecule has 0 bridgehead atoms. The minimum absolute atomic E-state index is 0.0163. The van der Waals surface area contributed by atoms with Crippen LogP contribution in [-0.4, -0.2) is 42.1 Å². The Morgan fingerprint density at radius 3 is 2.69 bits per heavy atom. The van der Waals surface area contributed by atoms with Gasteiger partial charge in [0.25, 0.3) is 6.43 Å². The lowest BCUT2D eigenvalue weighted by molar-refractivity contribution is 0.0822. The molecule has 0 aliphatic carbocycles. The summed E-state index contributed by atoms with van der Waals surface area (Å²) in [5.41, 5.74) is 0.594. The van der Waals surface area contributed by atoms with Crippen LogP contribution >= 0.6 is 23.2 Å². The molecular formula is C18H19Cl2F3N4O2. The molecule has 0 saturated carbocycles. The minimum Gasteiger partial charge on any atom is -0.485 e. The van der Waals surface area contributed by atoms with Gasteiger partial charge in [0.15, 0.2) is 0 Å². The fourth-order valence-corrected chi connectivity index (χ4v) is 2.95. The number of alkyl halides is 2. The summed E-state index contributed by atoms with van der Waals surface area (Å²) in [7, 11) is 0. The third-order valence-electron chi connectivity index (χ3n) is 3.83. The third-order valence-corrected chi connectivity index (χ3v) is 4.33. The average Bonchev–Trinajstić information content (AvgIpc) is 2.66. The molecule has 1 aromatic heterocycles. The molecule has 3 N–H and O–H groups in total. The number of carbonyl (C=O) groups excluding carboxylic acids is 1. The second-order valence-corrected chi connectivity index (χ2v) is 6.73. The molecule has 0 fully saturated rings. The fourth-order valence-electron chi connectivity index (χ4n) is 2.40. The van der Waals surface area contributed by atoms with E-state index < -0.39 is 24.9 Å². The molecule has 0 saturated heterocycles. The van der Waals surface area contributed by atoms with Gasteiger partial charge >= 0.3 is 6.03 Å². The van der Waals surface area contributed by atoms with Gasteiger partial charge in [-0.25, -0.2) is 23.8 Å². The van der Waals surface area contributed by atoms with E-state index in [1.807, 2.05) is 0 Å². The number of carbonyl (C=O) groups is 1. The number of hydrogen-bond donors (Lipinski definition) is 2. The number of nitrogens with zero attached hydrogens (tertiary/aromatic N) is 2. The summed E-state index contributed by atoms with van der Waals surface area (Å²) in [5.74, 6) is 4.76. The molecule has 2 aromatic rings. The van der Waals surface area contributed by atoms with Gasteiger partial charge in [-0.3, -0.25) is 9.99 Å². The molecule has 29 heavy (non-hydrogen) atoms. The van der Waals surface area contributed by atoms with E-state index in [1.165, 1.54) is 24.4 Å². The molecular weight excluding hydrogens is 432 g/mol. The van der Waals surface area contributed by atoms with Crippen molar-refractivity contribution in [3.63, 3.8) is 0 Å². The SMILES string of the molecule is CCN(N)C(=O)NCCc1ncc(-c2cc(Cl)cc(Cl)c2OCC(F)F)cc1F. The van der Waals surface area contributed by atoms with Gasteiger partial charge in [-0.2, -0.15) is 0 Å². The summed E-state index contributed by atoms with van der Waals surface area (Å²) in [5, 5.41) is 3.76. The Labute approximate surface area is 175 Å². The van der Waals surface area contributed by atoms with Crippen molar-refractivity contribution < 1.29 is 22.7 Å². The highest BCUT2D eigenvalue weighted by molar-refractivity contribution is 6.36. The zero-order valence-corrected chi connectivity index (χ0v) is 16.9. The quantitative estimate of drug-likeness (QED) is 0.357. The lowest BCUT2D eigenvalue weighted by atomic mass is 10.1. The van der Waals surface area contributed by atoms with Gasteiger partial charge in [0.1, 0.15) is 18.2 Å². The van der Waals surface area contributed by atoms with E-state index >= 15 is 0 Å². The number of halogens is 5. The number of hydrogen-bond acceptors (Lipinski definition) is 4. The van der Waals surface area contributed by atoms with Crippen LogP contribution in [0.1, 0.15) is 12.6 Å². The Morgan fingerprint density at radius 1 is 1.34 bits per heavy atom. The second-order valence-electron chi connectivity index (χ2n) is 5.89. The van der Waals surface area contributed by atoms with E-state index in [1.54, 1.807) is 6.92 Å². The van der Waals surface area contributed by atoms with Gasteiger partial charge in [0, 0.05) is 41.9 Å². The number of pyridine rings is 1. The first-order valence-electron chi connectivity index (χ1n) is 8.57. The maximum absolute atomic E-state index is 14.5. The van der Waals surface area contributed by atoms with Crippen molar-refractivity contribution in [1.82, 2.24) is 15.3 Å². The summed E-state index contributed by atoms with van der Waals surface area (Å²) in [4.78, 5) is 15.6. The van der Waals surface area contributed by atoms with Crippen molar-refractivity contribution in [2.45, 2.75) is 19.8 Å². The summed E-state index contributed by atoms with van der Waals surface area (Å²) in [6.07, 6.45) is -1.24. The maximum atomic E-state index is 14.5. The van der Waals surface area contributed by atoms with Crippen molar-refractivity contribution in [1.29, 1.82) is 0 Å². The topological polar surface area (TPSA) is 80.5 Å². The van der Waals surface area contributed by atoms with Crippen molar-refractivity contribution in [2.24, 2.45) is 5.84 Å². The number of rotatable bonds is 8. The molecule has 6 nitrogen and oxygen atoms in total. The first-order chi connectivity index (χ1) is 13.7. The number of nitrogens with two attached hydrogens (primary N) is 1. The van der Waals surface area contributed by atoms with Crippen LogP contribution in [-0.2, 0) is 6.42 Å². The van der Waals surface area contributed by atoms with Crippen LogP contribution in [0.3, 0.4) is 0 Å². The van der Waals surface area contributed by atoms with Crippen LogP contribution < -0.4 is 15.9 Å². The van der Waals surface area contributed by atoms with Gasteiger partial charge in [-0.1, -0.05) is 23.2 Å². The van der Waals surface area contributed by atoms with E-state index in [4.69, 9.17) is 33.8 Å². The molecule has 1 heterocycles. The zero-order chi connectivity index (χ0) is 21.6. The molecule has 11 heteroatoms. The molecule has 0 spiro atoms. The van der Waals surface area contributed by atoms with Gasteiger partial charge in [-0.05, 0) is 25.1 Å². The lowest BCUT2D eigenvalue weighted by Crippen LogP contribution is -2.44. The number of benzene rings is 1. The van der Waals surface area contributed by atoms with Crippen LogP contribution in [0, 0.1) is 5.82 Å². The largest absolute Gasteiger partial charge is 0.485 e. The van der Waals surface area contributed by atoms with Crippen LogP contribution in [0.25, 0.3) is 11.1 Å². The number of urea groups is 1. The third kappa shape index (κ3) is 6.38. The minimum atomic E-state index is -2.71. The van der Waals surface area contributed by atoms with Gasteiger partial charge < -0.3 is 10.1 Å². The maximum Gasteiger partial charge on any atom is 0.331 e. The van der Waals surface area contributed by atoms with E-state index in [2.05, 4.69) is 10.3 Å². The Kier molecular flexibility index (Phi) is 8.36. The second kappa shape index (κ2) is 10.5. The summed E-state index contributed by atoms with van der Waals surface area (Å²) >= 11 is 12.0. The molecule has 2 rings (SSSR count). The predicted molar refractivity (Wildman–Crippen MR) is 105 cm³/mol. The zero-order valence-electron chi connectivity index (χ0n) is 15.4. The Balaban J connectivity index is 2.20. The summed E-state index contributed by atoms with van der Waals surface area (Å²) in [6.45, 7) is 1.28. The summed E-state index contributed by atoms with van der Waals surface area (Å²) in [6, 6.07) is 3.44. The van der Waals surface area contributed by atoms with E-state index in [-0.39, 0.29) is 45.6 Å². The molecule has 0 aliphatic rings. The highest BCUT2D eigenvalue weighted by Gasteiger charge is 2.17. The molecule has 0 aliphatic heterocycles. The van der Waals surface area contributed by atoms with Crippen LogP contribution in [0.15, 0.2) is 24.4 Å². The van der Waals surface area contributed by atoms with E-state index in [9.17, 15) is 18.0 Å². The molecule has 1 aromatic carbocycles. The van der Waals surface area contributed by atoms with Crippen LogP contribution in [0.5, 0.6) is 5.75 Å². The molecule has 0 atom stereocenters.